The molecule has 6 nitrogen and oxygen atoms in total. The van der Waals surface area contributed by atoms with Gasteiger partial charge in [-0.05, 0) is 24.2 Å². The van der Waals surface area contributed by atoms with Crippen LogP contribution in [0, 0.1) is 10.1 Å². The summed E-state index contributed by atoms with van der Waals surface area (Å²) in [5.41, 5.74) is 6.07. The first kappa shape index (κ1) is 12.3. The molecular weight excluding hydrogens is 240 g/mol. The van der Waals surface area contributed by atoms with Crippen molar-refractivity contribution in [3.8, 4) is 0 Å². The molecular formula is C10H16N4O2S. The number of nitrogens with zero attached hydrogens (tertiary/aromatic N) is 2. The molecule has 1 aliphatic rings. The summed E-state index contributed by atoms with van der Waals surface area (Å²) < 4.78 is 0. The van der Waals surface area contributed by atoms with Gasteiger partial charge in [-0.1, -0.05) is 19.3 Å². The SMILES string of the molecule is NC1CCCCCC1Nc1ncc([N+](=O)[O-])s1. The highest BCUT2D eigenvalue weighted by Gasteiger charge is 2.22. The number of hydrogen-bond acceptors (Lipinski definition) is 6. The zero-order valence-corrected chi connectivity index (χ0v) is 10.3. The third-order valence-corrected chi connectivity index (χ3v) is 3.93. The number of aromatic nitrogens is 1. The van der Waals surface area contributed by atoms with E-state index in [1.54, 1.807) is 0 Å². The molecule has 1 aliphatic carbocycles. The zero-order chi connectivity index (χ0) is 12.3. The van der Waals surface area contributed by atoms with Crippen LogP contribution in [-0.4, -0.2) is 22.0 Å². The number of rotatable bonds is 3. The molecule has 0 aliphatic heterocycles. The van der Waals surface area contributed by atoms with Crippen LogP contribution in [0.4, 0.5) is 10.1 Å². The molecule has 3 N–H and O–H groups in total. The smallest absolute Gasteiger partial charge is 0.345 e. The standard InChI is InChI=1S/C10H16N4O2S/c11-7-4-2-1-3-5-8(7)13-10-12-6-9(17-10)14(15)16/h6-8H,1-5,11H2,(H,12,13). The summed E-state index contributed by atoms with van der Waals surface area (Å²) in [6.07, 6.45) is 6.83. The minimum Gasteiger partial charge on any atom is -0.357 e. The van der Waals surface area contributed by atoms with Crippen LogP contribution in [0.5, 0.6) is 0 Å². The van der Waals surface area contributed by atoms with E-state index in [4.69, 9.17) is 5.73 Å². The lowest BCUT2D eigenvalue weighted by Crippen LogP contribution is -2.39. The second-order valence-corrected chi connectivity index (χ2v) is 5.32. The zero-order valence-electron chi connectivity index (χ0n) is 9.46. The number of nitrogens with one attached hydrogen (secondary N) is 1. The van der Waals surface area contributed by atoms with Gasteiger partial charge in [0, 0.05) is 12.1 Å². The maximum atomic E-state index is 10.5. The molecule has 2 rings (SSSR count). The van der Waals surface area contributed by atoms with Crippen LogP contribution < -0.4 is 11.1 Å². The molecule has 0 saturated heterocycles. The molecule has 1 heterocycles. The van der Waals surface area contributed by atoms with Crippen LogP contribution in [0.1, 0.15) is 32.1 Å². The van der Waals surface area contributed by atoms with E-state index in [2.05, 4.69) is 10.3 Å². The molecule has 1 aromatic rings. The number of thiazole rings is 1. The van der Waals surface area contributed by atoms with Crippen molar-refractivity contribution < 1.29 is 4.92 Å². The lowest BCUT2D eigenvalue weighted by molar-refractivity contribution is -0.380. The monoisotopic (exact) mass is 256 g/mol. The van der Waals surface area contributed by atoms with Gasteiger partial charge in [0.15, 0.2) is 5.13 Å². The van der Waals surface area contributed by atoms with Gasteiger partial charge in [0.05, 0.1) is 4.92 Å². The van der Waals surface area contributed by atoms with Crippen molar-refractivity contribution >= 4 is 21.5 Å². The average molecular weight is 256 g/mol. The minimum atomic E-state index is -0.421. The topological polar surface area (TPSA) is 94.1 Å². The maximum Gasteiger partial charge on any atom is 0.345 e. The average Bonchev–Trinajstić information content (AvgIpc) is 2.66. The molecule has 0 spiro atoms. The Morgan fingerprint density at radius 1 is 1.47 bits per heavy atom. The molecule has 1 aromatic heterocycles. The predicted octanol–water partition coefficient (Wildman–Crippen LogP) is 2.12. The van der Waals surface area contributed by atoms with E-state index >= 15 is 0 Å². The van der Waals surface area contributed by atoms with Crippen LogP contribution in [0.2, 0.25) is 0 Å². The fraction of sp³-hybridized carbons (Fsp3) is 0.700. The summed E-state index contributed by atoms with van der Waals surface area (Å²) in [5, 5.41) is 14.4. The molecule has 2 atom stereocenters. The van der Waals surface area contributed by atoms with Crippen LogP contribution in [0.25, 0.3) is 0 Å². The second-order valence-electron chi connectivity index (χ2n) is 4.31. The van der Waals surface area contributed by atoms with Gasteiger partial charge in [0.1, 0.15) is 6.20 Å². The second kappa shape index (κ2) is 5.42. The normalized spacial score (nSPS) is 25.2. The van der Waals surface area contributed by atoms with Gasteiger partial charge >= 0.3 is 5.00 Å². The molecule has 7 heteroatoms. The number of anilines is 1. The molecule has 0 aromatic carbocycles. The van der Waals surface area contributed by atoms with Gasteiger partial charge in [-0.15, -0.1) is 0 Å². The molecule has 17 heavy (non-hydrogen) atoms. The molecule has 0 bridgehead atoms. The predicted molar refractivity (Wildman–Crippen MR) is 67.2 cm³/mol. The van der Waals surface area contributed by atoms with E-state index in [-0.39, 0.29) is 17.1 Å². The highest BCUT2D eigenvalue weighted by atomic mass is 32.1. The highest BCUT2D eigenvalue weighted by Crippen LogP contribution is 2.27. The summed E-state index contributed by atoms with van der Waals surface area (Å²) in [5.74, 6) is 0. The minimum absolute atomic E-state index is 0.0645. The third kappa shape index (κ3) is 3.13. The lowest BCUT2D eigenvalue weighted by Gasteiger charge is -2.21. The number of nitrogens with two attached hydrogens (primary N) is 1. The van der Waals surface area contributed by atoms with E-state index in [1.165, 1.54) is 12.6 Å². The van der Waals surface area contributed by atoms with Crippen molar-refractivity contribution in [3.05, 3.63) is 16.3 Å². The largest absolute Gasteiger partial charge is 0.357 e. The Hall–Kier alpha value is -1.21. The van der Waals surface area contributed by atoms with Crippen molar-refractivity contribution in [1.82, 2.24) is 4.98 Å². The Bertz CT molecular complexity index is 395. The quantitative estimate of drug-likeness (QED) is 0.491. The first-order valence-corrected chi connectivity index (χ1v) is 6.61. The summed E-state index contributed by atoms with van der Waals surface area (Å²) in [7, 11) is 0. The van der Waals surface area contributed by atoms with E-state index in [0.29, 0.717) is 5.13 Å². The first-order chi connectivity index (χ1) is 8.16. The summed E-state index contributed by atoms with van der Waals surface area (Å²) in [4.78, 5) is 14.1. The molecule has 1 saturated carbocycles. The van der Waals surface area contributed by atoms with Crippen molar-refractivity contribution in [2.45, 2.75) is 44.2 Å². The van der Waals surface area contributed by atoms with Crippen molar-refractivity contribution in [2.24, 2.45) is 5.73 Å². The fourth-order valence-electron chi connectivity index (χ4n) is 2.09. The lowest BCUT2D eigenvalue weighted by atomic mass is 10.0. The van der Waals surface area contributed by atoms with Gasteiger partial charge in [0.25, 0.3) is 0 Å². The summed E-state index contributed by atoms with van der Waals surface area (Å²) >= 11 is 1.07. The molecule has 1 fully saturated rings. The Morgan fingerprint density at radius 3 is 2.94 bits per heavy atom. The maximum absolute atomic E-state index is 10.5. The molecule has 0 amide bonds. The van der Waals surface area contributed by atoms with Crippen LogP contribution in [0.15, 0.2) is 6.20 Å². The Balaban J connectivity index is 2.00. The fourth-order valence-corrected chi connectivity index (χ4v) is 2.78. The Kier molecular flexibility index (Phi) is 3.90. The van der Waals surface area contributed by atoms with Gasteiger partial charge in [-0.2, -0.15) is 0 Å². The molecule has 94 valence electrons. The summed E-state index contributed by atoms with van der Waals surface area (Å²) in [6.45, 7) is 0. The Morgan fingerprint density at radius 2 is 2.24 bits per heavy atom. The third-order valence-electron chi connectivity index (χ3n) is 3.05. The molecule has 2 unspecified atom stereocenters. The van der Waals surface area contributed by atoms with Gasteiger partial charge in [0.2, 0.25) is 0 Å². The van der Waals surface area contributed by atoms with Crippen molar-refractivity contribution in [2.75, 3.05) is 5.32 Å². The van der Waals surface area contributed by atoms with E-state index in [9.17, 15) is 10.1 Å². The van der Waals surface area contributed by atoms with Crippen molar-refractivity contribution in [3.63, 3.8) is 0 Å². The van der Waals surface area contributed by atoms with Gasteiger partial charge in [-0.3, -0.25) is 10.1 Å². The van der Waals surface area contributed by atoms with Gasteiger partial charge < -0.3 is 11.1 Å². The van der Waals surface area contributed by atoms with Crippen LogP contribution in [-0.2, 0) is 0 Å². The van der Waals surface area contributed by atoms with E-state index < -0.39 is 4.92 Å². The van der Waals surface area contributed by atoms with E-state index in [0.717, 1.165) is 37.0 Å². The number of nitro groups is 1. The summed E-state index contributed by atoms with van der Waals surface area (Å²) in [6, 6.07) is 0.295. The Labute approximate surface area is 103 Å². The first-order valence-electron chi connectivity index (χ1n) is 5.79. The van der Waals surface area contributed by atoms with E-state index in [1.807, 2.05) is 0 Å². The van der Waals surface area contributed by atoms with Crippen molar-refractivity contribution in [1.29, 1.82) is 0 Å². The van der Waals surface area contributed by atoms with Crippen LogP contribution in [0.3, 0.4) is 0 Å². The number of hydrogen-bond donors (Lipinski definition) is 2. The molecule has 0 radical (unpaired) electrons. The highest BCUT2D eigenvalue weighted by molar-refractivity contribution is 7.18. The van der Waals surface area contributed by atoms with Crippen LogP contribution >= 0.6 is 11.3 Å². The van der Waals surface area contributed by atoms with Gasteiger partial charge in [-0.25, -0.2) is 4.98 Å².